The summed E-state index contributed by atoms with van der Waals surface area (Å²) >= 11 is 0. The van der Waals surface area contributed by atoms with Crippen molar-refractivity contribution in [2.45, 2.75) is 13.1 Å². The number of nitrogens with one attached hydrogen (secondary N) is 2. The van der Waals surface area contributed by atoms with E-state index < -0.39 is 0 Å². The molecule has 0 unspecified atom stereocenters. The second-order valence-electron chi connectivity index (χ2n) is 6.27. The summed E-state index contributed by atoms with van der Waals surface area (Å²) in [7, 11) is 0. The van der Waals surface area contributed by atoms with E-state index in [0.29, 0.717) is 0 Å². The van der Waals surface area contributed by atoms with E-state index in [9.17, 15) is 10.1 Å². The van der Waals surface area contributed by atoms with Gasteiger partial charge in [-0.25, -0.2) is 0 Å². The number of piperazine rings is 1. The number of rotatable bonds is 5. The van der Waals surface area contributed by atoms with Crippen molar-refractivity contribution in [3.05, 3.63) is 75.8 Å². The Morgan fingerprint density at radius 1 is 0.826 bits per heavy atom. The van der Waals surface area contributed by atoms with Gasteiger partial charge in [-0.15, -0.1) is 0 Å². The van der Waals surface area contributed by atoms with Crippen LogP contribution in [0.2, 0.25) is 0 Å². The lowest BCUT2D eigenvalue weighted by atomic mass is 10.1. The van der Waals surface area contributed by atoms with Gasteiger partial charge >= 0.3 is 0 Å². The van der Waals surface area contributed by atoms with Crippen molar-refractivity contribution in [3.63, 3.8) is 0 Å². The lowest BCUT2D eigenvalue weighted by Crippen LogP contribution is -3.27. The molecule has 0 amide bonds. The number of nitro groups is 1. The van der Waals surface area contributed by atoms with Gasteiger partial charge in [-0.2, -0.15) is 0 Å². The monoisotopic (exact) mass is 313 g/mol. The second kappa shape index (κ2) is 7.35. The third kappa shape index (κ3) is 4.37. The highest BCUT2D eigenvalue weighted by atomic mass is 16.6. The molecule has 1 fully saturated rings. The summed E-state index contributed by atoms with van der Waals surface area (Å²) in [5, 5.41) is 10.9. The van der Waals surface area contributed by atoms with Gasteiger partial charge in [-0.05, 0) is 0 Å². The third-order valence-corrected chi connectivity index (χ3v) is 4.54. The zero-order valence-corrected chi connectivity index (χ0v) is 13.2. The molecule has 0 radical (unpaired) electrons. The fraction of sp³-hybridized carbons (Fsp3) is 0.333. The van der Waals surface area contributed by atoms with Crippen LogP contribution in [0.4, 0.5) is 5.69 Å². The quantitative estimate of drug-likeness (QED) is 0.607. The molecule has 3 rings (SSSR count). The molecule has 2 aromatic rings. The summed E-state index contributed by atoms with van der Waals surface area (Å²) in [4.78, 5) is 13.7. The molecule has 1 aliphatic heterocycles. The van der Waals surface area contributed by atoms with Crippen LogP contribution >= 0.6 is 0 Å². The topological polar surface area (TPSA) is 52.0 Å². The molecule has 0 aliphatic carbocycles. The highest BCUT2D eigenvalue weighted by molar-refractivity contribution is 5.33. The Balaban J connectivity index is 1.51. The molecule has 0 spiro atoms. The molecular weight excluding hydrogens is 290 g/mol. The van der Waals surface area contributed by atoms with Gasteiger partial charge in [0.2, 0.25) is 0 Å². The van der Waals surface area contributed by atoms with Crippen molar-refractivity contribution < 1.29 is 14.7 Å². The molecule has 0 aromatic heterocycles. The van der Waals surface area contributed by atoms with Crippen LogP contribution in [0.1, 0.15) is 11.1 Å². The molecule has 2 N–H and O–H groups in total. The Morgan fingerprint density at radius 2 is 1.39 bits per heavy atom. The normalized spacial score (nSPS) is 21.0. The van der Waals surface area contributed by atoms with E-state index in [1.165, 1.54) is 10.5 Å². The largest absolute Gasteiger partial charge is 0.322 e. The summed E-state index contributed by atoms with van der Waals surface area (Å²) in [6.07, 6.45) is 0. The highest BCUT2D eigenvalue weighted by Crippen LogP contribution is 2.12. The van der Waals surface area contributed by atoms with Crippen molar-refractivity contribution in [1.82, 2.24) is 0 Å². The predicted molar refractivity (Wildman–Crippen MR) is 88.3 cm³/mol. The van der Waals surface area contributed by atoms with E-state index >= 15 is 0 Å². The summed E-state index contributed by atoms with van der Waals surface area (Å²) in [5.74, 6) is 0. The lowest BCUT2D eigenvalue weighted by molar-refractivity contribution is -1.02. The number of nitrogens with zero attached hydrogens (tertiary/aromatic N) is 1. The van der Waals surface area contributed by atoms with Crippen molar-refractivity contribution in [1.29, 1.82) is 0 Å². The van der Waals surface area contributed by atoms with Crippen LogP contribution in [0.15, 0.2) is 54.6 Å². The molecule has 5 heteroatoms. The first kappa shape index (κ1) is 15.6. The predicted octanol–water partition coefficient (Wildman–Crippen LogP) is 0.0784. The van der Waals surface area contributed by atoms with E-state index in [2.05, 4.69) is 30.3 Å². The lowest BCUT2D eigenvalue weighted by Gasteiger charge is -2.29. The van der Waals surface area contributed by atoms with Crippen LogP contribution in [0.5, 0.6) is 0 Å². The number of nitro benzene ring substituents is 1. The first-order chi connectivity index (χ1) is 11.2. The standard InChI is InChI=1S/C18H21N3O2/c22-21(23)18-8-4-7-17(13-18)15-20-11-9-19(10-12-20)14-16-5-2-1-3-6-16/h1-8,13H,9-12,14-15H2/p+2. The number of hydrogen-bond acceptors (Lipinski definition) is 2. The van der Waals surface area contributed by atoms with Crippen LogP contribution in [-0.2, 0) is 13.1 Å². The van der Waals surface area contributed by atoms with Gasteiger partial charge in [0.05, 0.1) is 4.92 Å². The Labute approximate surface area is 136 Å². The molecule has 120 valence electrons. The average molecular weight is 313 g/mol. The van der Waals surface area contributed by atoms with E-state index in [-0.39, 0.29) is 10.6 Å². The van der Waals surface area contributed by atoms with Crippen LogP contribution in [0.3, 0.4) is 0 Å². The Hall–Kier alpha value is -2.24. The van der Waals surface area contributed by atoms with Gasteiger partial charge in [0.25, 0.3) is 5.69 Å². The number of quaternary nitrogens is 2. The minimum absolute atomic E-state index is 0.190. The van der Waals surface area contributed by atoms with Crippen molar-refractivity contribution in [3.8, 4) is 0 Å². The molecule has 2 aromatic carbocycles. The molecule has 23 heavy (non-hydrogen) atoms. The number of hydrogen-bond donors (Lipinski definition) is 2. The molecule has 1 aliphatic rings. The highest BCUT2D eigenvalue weighted by Gasteiger charge is 2.23. The smallest absolute Gasteiger partial charge is 0.269 e. The first-order valence-corrected chi connectivity index (χ1v) is 8.15. The maximum atomic E-state index is 10.9. The maximum absolute atomic E-state index is 10.9. The van der Waals surface area contributed by atoms with E-state index in [0.717, 1.165) is 44.8 Å². The van der Waals surface area contributed by atoms with Gasteiger partial charge in [-0.1, -0.05) is 42.5 Å². The van der Waals surface area contributed by atoms with E-state index in [1.54, 1.807) is 23.1 Å². The average Bonchev–Trinajstić information content (AvgIpc) is 2.58. The van der Waals surface area contributed by atoms with Gasteiger partial charge in [0.15, 0.2) is 0 Å². The van der Waals surface area contributed by atoms with Crippen molar-refractivity contribution in [2.75, 3.05) is 26.2 Å². The molecule has 0 bridgehead atoms. The van der Waals surface area contributed by atoms with Crippen molar-refractivity contribution in [2.24, 2.45) is 0 Å². The summed E-state index contributed by atoms with van der Waals surface area (Å²) in [6.45, 7) is 6.50. The summed E-state index contributed by atoms with van der Waals surface area (Å²) < 4.78 is 0. The van der Waals surface area contributed by atoms with Gasteiger partial charge in [-0.3, -0.25) is 10.1 Å². The Morgan fingerprint density at radius 3 is 2.00 bits per heavy atom. The maximum Gasteiger partial charge on any atom is 0.269 e. The van der Waals surface area contributed by atoms with Crippen LogP contribution in [0, 0.1) is 10.1 Å². The van der Waals surface area contributed by atoms with Crippen LogP contribution < -0.4 is 9.80 Å². The molecular formula is C18H23N3O2+2. The Kier molecular flexibility index (Phi) is 5.00. The molecule has 0 atom stereocenters. The SMILES string of the molecule is O=[N+]([O-])c1cccc(C[NH+]2CC[NH+](Cc3ccccc3)CC2)c1. The van der Waals surface area contributed by atoms with E-state index in [4.69, 9.17) is 0 Å². The fourth-order valence-corrected chi connectivity index (χ4v) is 3.26. The first-order valence-electron chi connectivity index (χ1n) is 8.15. The Bertz CT molecular complexity index is 652. The van der Waals surface area contributed by atoms with Gasteiger partial charge in [0, 0.05) is 23.3 Å². The molecule has 1 heterocycles. The second-order valence-corrected chi connectivity index (χ2v) is 6.27. The number of benzene rings is 2. The van der Waals surface area contributed by atoms with Crippen LogP contribution in [-0.4, -0.2) is 31.1 Å². The molecule has 5 nitrogen and oxygen atoms in total. The fourth-order valence-electron chi connectivity index (χ4n) is 3.26. The zero-order valence-electron chi connectivity index (χ0n) is 13.2. The zero-order chi connectivity index (χ0) is 16.1. The minimum Gasteiger partial charge on any atom is -0.322 e. The van der Waals surface area contributed by atoms with Crippen LogP contribution in [0.25, 0.3) is 0 Å². The van der Waals surface area contributed by atoms with E-state index in [1.807, 2.05) is 6.07 Å². The minimum atomic E-state index is -0.319. The van der Waals surface area contributed by atoms with Gasteiger partial charge < -0.3 is 9.80 Å². The number of non-ortho nitro benzene ring substituents is 1. The van der Waals surface area contributed by atoms with Crippen molar-refractivity contribution >= 4 is 5.69 Å². The molecule has 1 saturated heterocycles. The summed E-state index contributed by atoms with van der Waals surface area (Å²) in [5.41, 5.74) is 2.64. The summed E-state index contributed by atoms with van der Waals surface area (Å²) in [6, 6.07) is 17.7. The van der Waals surface area contributed by atoms with Gasteiger partial charge in [0.1, 0.15) is 39.3 Å². The molecule has 0 saturated carbocycles. The third-order valence-electron chi connectivity index (χ3n) is 4.54.